The number of benzene rings is 1. The Kier molecular flexibility index (Phi) is 5.64. The number of ether oxygens (including phenoxy) is 1. The van der Waals surface area contributed by atoms with Gasteiger partial charge >= 0.3 is 0 Å². The Balaban J connectivity index is 0.000000646. The van der Waals surface area contributed by atoms with Gasteiger partial charge < -0.3 is 19.3 Å². The quantitative estimate of drug-likeness (QED) is 0.727. The summed E-state index contributed by atoms with van der Waals surface area (Å²) in [6.45, 7) is 6.80. The molecule has 1 aliphatic carbocycles. The number of hydrogen-bond acceptors (Lipinski definition) is 7. The molecule has 0 spiro atoms. The molecule has 3 atom stereocenters. The molecule has 0 radical (unpaired) electrons. The van der Waals surface area contributed by atoms with E-state index < -0.39 is 0 Å². The van der Waals surface area contributed by atoms with E-state index in [0.29, 0.717) is 29.8 Å². The van der Waals surface area contributed by atoms with Gasteiger partial charge in [-0.05, 0) is 30.9 Å². The van der Waals surface area contributed by atoms with Gasteiger partial charge in [-0.2, -0.15) is 0 Å². The number of amides is 1. The molecular weight excluding hydrogens is 400 g/mol. The van der Waals surface area contributed by atoms with Gasteiger partial charge in [0, 0.05) is 44.8 Å². The van der Waals surface area contributed by atoms with Crippen molar-refractivity contribution in [1.29, 1.82) is 0 Å². The molecule has 3 aliphatic heterocycles. The van der Waals surface area contributed by atoms with E-state index in [1.807, 2.05) is 24.3 Å². The first kappa shape index (κ1) is 20.4. The number of aromatic nitrogens is 1. The first-order valence-electron chi connectivity index (χ1n) is 11.0. The fourth-order valence-corrected chi connectivity index (χ4v) is 5.66. The molecule has 6 rings (SSSR count). The molecule has 31 heavy (non-hydrogen) atoms. The Labute approximate surface area is 180 Å². The van der Waals surface area contributed by atoms with Crippen LogP contribution in [-0.4, -0.2) is 101 Å². The van der Waals surface area contributed by atoms with E-state index in [9.17, 15) is 4.79 Å². The van der Waals surface area contributed by atoms with Crippen LogP contribution in [0.15, 0.2) is 28.8 Å². The largest absolute Gasteiger partial charge is 0.483 e. The number of piperazine rings is 1. The molecular formula is C22H28N4O5. The molecule has 1 saturated carbocycles. The molecule has 4 heterocycles. The summed E-state index contributed by atoms with van der Waals surface area (Å²) in [4.78, 5) is 28.9. The fourth-order valence-electron chi connectivity index (χ4n) is 5.66. The molecule has 2 aromatic rings. The minimum atomic E-state index is -0.250. The maximum Gasteiger partial charge on any atom is 0.293 e. The summed E-state index contributed by atoms with van der Waals surface area (Å²) >= 11 is 0. The van der Waals surface area contributed by atoms with Gasteiger partial charge in [0.05, 0.1) is 24.6 Å². The maximum atomic E-state index is 13.3. The van der Waals surface area contributed by atoms with Gasteiger partial charge in [-0.3, -0.25) is 19.4 Å². The van der Waals surface area contributed by atoms with Gasteiger partial charge in [-0.25, -0.2) is 0 Å². The lowest BCUT2D eigenvalue weighted by Crippen LogP contribution is -2.60. The van der Waals surface area contributed by atoms with E-state index >= 15 is 0 Å². The summed E-state index contributed by atoms with van der Waals surface area (Å²) in [5.74, 6) is 1.03. The van der Waals surface area contributed by atoms with Crippen molar-refractivity contribution in [3.8, 4) is 0 Å². The third-order valence-corrected chi connectivity index (χ3v) is 7.24. The summed E-state index contributed by atoms with van der Waals surface area (Å²) in [6, 6.07) is 9.08. The second kappa shape index (κ2) is 8.57. The van der Waals surface area contributed by atoms with Crippen LogP contribution in [0.4, 0.5) is 0 Å². The van der Waals surface area contributed by atoms with Crippen molar-refractivity contribution in [2.75, 3.05) is 45.9 Å². The number of fused-ring (bicyclic) bond motifs is 3. The lowest BCUT2D eigenvalue weighted by Gasteiger charge is -2.46. The number of carboxylic acid groups (broad SMARTS) is 1. The zero-order valence-corrected chi connectivity index (χ0v) is 17.4. The highest BCUT2D eigenvalue weighted by Crippen LogP contribution is 2.41. The number of rotatable bonds is 3. The summed E-state index contributed by atoms with van der Waals surface area (Å²) in [5.41, 5.74) is 0.753. The Bertz CT molecular complexity index is 937. The van der Waals surface area contributed by atoms with Crippen LogP contribution in [0.25, 0.3) is 10.9 Å². The molecule has 1 N–H and O–H groups in total. The third kappa shape index (κ3) is 3.71. The van der Waals surface area contributed by atoms with E-state index in [1.165, 1.54) is 6.42 Å². The predicted octanol–water partition coefficient (Wildman–Crippen LogP) is 1.15. The Morgan fingerprint density at radius 2 is 1.74 bits per heavy atom. The van der Waals surface area contributed by atoms with Crippen molar-refractivity contribution in [3.05, 3.63) is 30.0 Å². The van der Waals surface area contributed by atoms with Gasteiger partial charge in [0.15, 0.2) is 0 Å². The SMILES string of the molecule is O=C(c1onc2ccccc12)N1CC2CC(N3CCN(C4COC4)CC3)C1C2.O=CO. The summed E-state index contributed by atoms with van der Waals surface area (Å²) in [6.07, 6.45) is 2.34. The number of nitrogens with zero attached hydrogens (tertiary/aromatic N) is 4. The van der Waals surface area contributed by atoms with Crippen molar-refractivity contribution in [3.63, 3.8) is 0 Å². The van der Waals surface area contributed by atoms with Crippen LogP contribution >= 0.6 is 0 Å². The maximum absolute atomic E-state index is 13.3. The molecule has 3 saturated heterocycles. The predicted molar refractivity (Wildman–Crippen MR) is 112 cm³/mol. The minimum absolute atomic E-state index is 0.0103. The van der Waals surface area contributed by atoms with Gasteiger partial charge in [-0.1, -0.05) is 17.3 Å². The van der Waals surface area contributed by atoms with Crippen LogP contribution in [0.2, 0.25) is 0 Å². The first-order valence-corrected chi connectivity index (χ1v) is 11.0. The molecule has 9 nitrogen and oxygen atoms in total. The Morgan fingerprint density at radius 3 is 2.42 bits per heavy atom. The number of carbonyl (C=O) groups is 2. The summed E-state index contributed by atoms with van der Waals surface area (Å²) in [5, 5.41) is 11.8. The Morgan fingerprint density at radius 1 is 1.06 bits per heavy atom. The van der Waals surface area contributed by atoms with Crippen LogP contribution in [0.5, 0.6) is 0 Å². The van der Waals surface area contributed by atoms with E-state index in [0.717, 1.165) is 63.3 Å². The van der Waals surface area contributed by atoms with Crippen LogP contribution in [0.1, 0.15) is 23.4 Å². The Hall–Kier alpha value is -2.49. The van der Waals surface area contributed by atoms with Crippen LogP contribution in [0, 0.1) is 5.92 Å². The van der Waals surface area contributed by atoms with Gasteiger partial charge in [0.1, 0.15) is 5.52 Å². The fraction of sp³-hybridized carbons (Fsp3) is 0.591. The monoisotopic (exact) mass is 428 g/mol. The van der Waals surface area contributed by atoms with Gasteiger partial charge in [0.2, 0.25) is 5.76 Å². The van der Waals surface area contributed by atoms with Crippen LogP contribution in [0.3, 0.4) is 0 Å². The smallest absolute Gasteiger partial charge is 0.293 e. The van der Waals surface area contributed by atoms with E-state index in [2.05, 4.69) is 19.9 Å². The average Bonchev–Trinajstić information content (AvgIpc) is 3.47. The standard InChI is InChI=1S/C21H26N4O3.CH2O2/c26-21(20-16-3-1-2-4-17(16)22-28-20)25-11-14-9-18(19(25)10-14)24-7-5-23(6-8-24)15-12-27-13-15;2-1-3/h1-4,14-15,18-19H,5-13H2;1H,(H,2,3). The molecule has 1 aromatic heterocycles. The summed E-state index contributed by atoms with van der Waals surface area (Å²) in [7, 11) is 0. The summed E-state index contributed by atoms with van der Waals surface area (Å²) < 4.78 is 10.8. The van der Waals surface area contributed by atoms with E-state index in [4.69, 9.17) is 19.2 Å². The second-order valence-electron chi connectivity index (χ2n) is 8.83. The van der Waals surface area contributed by atoms with Gasteiger partial charge in [0.25, 0.3) is 12.4 Å². The average molecular weight is 428 g/mol. The van der Waals surface area contributed by atoms with Crippen LogP contribution < -0.4 is 0 Å². The van der Waals surface area contributed by atoms with Crippen LogP contribution in [-0.2, 0) is 9.53 Å². The van der Waals surface area contributed by atoms with Crippen molar-refractivity contribution in [2.24, 2.45) is 5.92 Å². The zero-order chi connectivity index (χ0) is 21.4. The highest BCUT2D eigenvalue weighted by molar-refractivity contribution is 6.03. The molecule has 1 amide bonds. The molecule has 3 unspecified atom stereocenters. The zero-order valence-electron chi connectivity index (χ0n) is 17.4. The number of hydrogen-bond donors (Lipinski definition) is 1. The lowest BCUT2D eigenvalue weighted by atomic mass is 10.0. The van der Waals surface area contributed by atoms with Gasteiger partial charge in [-0.15, -0.1) is 0 Å². The molecule has 4 fully saturated rings. The lowest BCUT2D eigenvalue weighted by molar-refractivity contribution is -0.122. The third-order valence-electron chi connectivity index (χ3n) is 7.24. The highest BCUT2D eigenvalue weighted by Gasteiger charge is 2.50. The molecule has 166 valence electrons. The minimum Gasteiger partial charge on any atom is -0.483 e. The normalized spacial score (nSPS) is 28.9. The molecule has 2 bridgehead atoms. The van der Waals surface area contributed by atoms with Crippen molar-refractivity contribution in [2.45, 2.75) is 31.0 Å². The topological polar surface area (TPSA) is 99.4 Å². The van der Waals surface area contributed by atoms with E-state index in [1.54, 1.807) is 0 Å². The van der Waals surface area contributed by atoms with E-state index in [-0.39, 0.29) is 12.4 Å². The highest BCUT2D eigenvalue weighted by atomic mass is 16.5. The molecule has 1 aromatic carbocycles. The molecule has 9 heteroatoms. The van der Waals surface area contributed by atoms with Crippen molar-refractivity contribution in [1.82, 2.24) is 19.9 Å². The first-order chi connectivity index (χ1) is 15.2. The molecule has 4 aliphatic rings. The number of piperidine rings is 1. The van der Waals surface area contributed by atoms with Crippen molar-refractivity contribution < 1.29 is 24.0 Å². The number of carbonyl (C=O) groups excluding carboxylic acids is 1. The van der Waals surface area contributed by atoms with Crippen molar-refractivity contribution >= 4 is 23.3 Å². The number of likely N-dealkylation sites (tertiary alicyclic amines) is 1. The second-order valence-corrected chi connectivity index (χ2v) is 8.83.